The molecule has 3 aromatic carbocycles. The van der Waals surface area contributed by atoms with E-state index in [1.807, 2.05) is 32.0 Å². The monoisotopic (exact) mass is 604 g/mol. The van der Waals surface area contributed by atoms with Gasteiger partial charge < -0.3 is 10.1 Å². The lowest BCUT2D eigenvalue weighted by Crippen LogP contribution is -2.13. The van der Waals surface area contributed by atoms with Gasteiger partial charge in [0, 0.05) is 11.3 Å². The van der Waals surface area contributed by atoms with Crippen LogP contribution < -0.4 is 10.1 Å². The molecular weight excluding hydrogens is 586 g/mol. The highest BCUT2D eigenvalue weighted by Crippen LogP contribution is 2.33. The zero-order valence-corrected chi connectivity index (χ0v) is 21.1. The number of rotatable bonds is 6. The number of nitrogens with one attached hydrogen (secondary N) is 1. The van der Waals surface area contributed by atoms with E-state index < -0.39 is 5.91 Å². The number of hydrogen-bond acceptors (Lipinski definition) is 3. The third kappa shape index (κ3) is 5.96. The summed E-state index contributed by atoms with van der Waals surface area (Å²) in [5.74, 6) is -0.252. The molecule has 0 radical (unpaired) electrons. The number of aryl methyl sites for hydroxylation is 2. The van der Waals surface area contributed by atoms with E-state index >= 15 is 0 Å². The number of carbonyl (C=O) groups excluding carboxylic acids is 1. The van der Waals surface area contributed by atoms with Gasteiger partial charge in [-0.25, -0.2) is 4.39 Å². The van der Waals surface area contributed by atoms with Crippen LogP contribution in [0.15, 0.2) is 64.6 Å². The number of amides is 1. The Balaban J connectivity index is 1.78. The number of hydrogen-bond donors (Lipinski definition) is 1. The van der Waals surface area contributed by atoms with Gasteiger partial charge in [0.1, 0.15) is 29.8 Å². The van der Waals surface area contributed by atoms with Crippen LogP contribution >= 0.6 is 38.5 Å². The van der Waals surface area contributed by atoms with E-state index in [-0.39, 0.29) is 18.0 Å². The van der Waals surface area contributed by atoms with Crippen molar-refractivity contribution in [3.8, 4) is 11.8 Å². The second-order valence-electron chi connectivity index (χ2n) is 7.12. The molecule has 4 nitrogen and oxygen atoms in total. The molecule has 0 saturated carbocycles. The molecule has 0 bridgehead atoms. The van der Waals surface area contributed by atoms with E-state index in [0.717, 1.165) is 14.7 Å². The Kier molecular flexibility index (Phi) is 8.04. The van der Waals surface area contributed by atoms with Crippen LogP contribution in [0.5, 0.6) is 5.75 Å². The molecule has 0 aromatic heterocycles. The first-order valence-corrected chi connectivity index (χ1v) is 11.5. The lowest BCUT2D eigenvalue weighted by molar-refractivity contribution is -0.112. The van der Waals surface area contributed by atoms with Crippen LogP contribution in [0.4, 0.5) is 10.1 Å². The van der Waals surface area contributed by atoms with Crippen LogP contribution in [0.25, 0.3) is 6.08 Å². The van der Waals surface area contributed by atoms with E-state index in [0.29, 0.717) is 27.0 Å². The van der Waals surface area contributed by atoms with Crippen molar-refractivity contribution in [1.29, 1.82) is 5.26 Å². The standard InChI is InChI=1S/C25H19BrFIN2O2/c1-15-7-8-20(9-16(15)2)30-25(31)19(13-29)10-17-11-21(26)24(23(28)12-17)32-14-18-5-3-4-6-22(18)27/h3-12H,14H2,1-2H3,(H,30,31)/b19-10+. The summed E-state index contributed by atoms with van der Waals surface area (Å²) >= 11 is 5.57. The van der Waals surface area contributed by atoms with E-state index in [9.17, 15) is 14.4 Å². The number of halogens is 3. The molecule has 0 saturated heterocycles. The normalized spacial score (nSPS) is 11.1. The van der Waals surface area contributed by atoms with Crippen molar-refractivity contribution in [3.05, 3.63) is 96.3 Å². The van der Waals surface area contributed by atoms with Crippen LogP contribution in [-0.2, 0) is 11.4 Å². The number of anilines is 1. The molecule has 0 atom stereocenters. The number of carbonyl (C=O) groups is 1. The van der Waals surface area contributed by atoms with Crippen LogP contribution in [0.3, 0.4) is 0 Å². The Hall–Kier alpha value is -2.70. The largest absolute Gasteiger partial charge is 0.486 e. The average Bonchev–Trinajstić information content (AvgIpc) is 2.75. The summed E-state index contributed by atoms with van der Waals surface area (Å²) in [5, 5.41) is 12.3. The number of benzene rings is 3. The third-order valence-electron chi connectivity index (χ3n) is 4.79. The molecule has 3 aromatic rings. The van der Waals surface area contributed by atoms with Crippen molar-refractivity contribution in [2.75, 3.05) is 5.32 Å². The molecule has 3 rings (SSSR count). The van der Waals surface area contributed by atoms with Gasteiger partial charge in [0.05, 0.1) is 8.04 Å². The third-order valence-corrected chi connectivity index (χ3v) is 6.18. The van der Waals surface area contributed by atoms with Gasteiger partial charge in [-0.3, -0.25) is 4.79 Å². The average molecular weight is 605 g/mol. The van der Waals surface area contributed by atoms with Gasteiger partial charge in [-0.2, -0.15) is 5.26 Å². The maximum Gasteiger partial charge on any atom is 0.266 e. The van der Waals surface area contributed by atoms with Crippen molar-refractivity contribution < 1.29 is 13.9 Å². The minimum Gasteiger partial charge on any atom is -0.486 e. The van der Waals surface area contributed by atoms with E-state index in [1.54, 1.807) is 36.4 Å². The van der Waals surface area contributed by atoms with Crippen molar-refractivity contribution in [2.24, 2.45) is 0 Å². The highest BCUT2D eigenvalue weighted by molar-refractivity contribution is 14.1. The van der Waals surface area contributed by atoms with Crippen LogP contribution in [0.2, 0.25) is 0 Å². The minimum atomic E-state index is -0.484. The molecule has 1 amide bonds. The number of ether oxygens (including phenoxy) is 1. The SMILES string of the molecule is Cc1ccc(NC(=O)/C(C#N)=C/c2cc(Br)c(OCc3ccccc3F)c(I)c2)cc1C. The molecule has 32 heavy (non-hydrogen) atoms. The first-order chi connectivity index (χ1) is 15.3. The molecule has 0 aliphatic heterocycles. The van der Waals surface area contributed by atoms with Crippen molar-refractivity contribution in [1.82, 2.24) is 0 Å². The molecule has 0 heterocycles. The fourth-order valence-electron chi connectivity index (χ4n) is 2.90. The Morgan fingerprint density at radius 1 is 1.19 bits per heavy atom. The Morgan fingerprint density at radius 3 is 2.59 bits per heavy atom. The van der Waals surface area contributed by atoms with Gasteiger partial charge in [0.15, 0.2) is 0 Å². The summed E-state index contributed by atoms with van der Waals surface area (Å²) in [6, 6.07) is 17.5. The summed E-state index contributed by atoms with van der Waals surface area (Å²) in [4.78, 5) is 12.6. The smallest absolute Gasteiger partial charge is 0.266 e. The summed E-state index contributed by atoms with van der Waals surface area (Å²) in [5.41, 5.74) is 3.89. The molecule has 7 heteroatoms. The van der Waals surface area contributed by atoms with E-state index in [4.69, 9.17) is 4.74 Å². The summed E-state index contributed by atoms with van der Waals surface area (Å²) < 4.78 is 21.0. The van der Waals surface area contributed by atoms with Gasteiger partial charge in [-0.1, -0.05) is 24.3 Å². The maximum absolute atomic E-state index is 13.8. The summed E-state index contributed by atoms with van der Waals surface area (Å²) in [7, 11) is 0. The zero-order chi connectivity index (χ0) is 23.3. The quantitative estimate of drug-likeness (QED) is 0.188. The molecule has 0 spiro atoms. The lowest BCUT2D eigenvalue weighted by Gasteiger charge is -2.12. The Bertz CT molecular complexity index is 1230. The Morgan fingerprint density at radius 2 is 1.94 bits per heavy atom. The highest BCUT2D eigenvalue weighted by atomic mass is 127. The fourth-order valence-corrected chi connectivity index (χ4v) is 4.67. The molecule has 0 aliphatic rings. The van der Waals surface area contributed by atoms with Gasteiger partial charge >= 0.3 is 0 Å². The van der Waals surface area contributed by atoms with E-state index in [1.165, 1.54) is 12.1 Å². The first kappa shape index (κ1) is 24.0. The molecule has 0 unspecified atom stereocenters. The van der Waals surface area contributed by atoms with Crippen LogP contribution in [-0.4, -0.2) is 5.91 Å². The highest BCUT2D eigenvalue weighted by Gasteiger charge is 2.13. The van der Waals surface area contributed by atoms with Gasteiger partial charge in [-0.15, -0.1) is 0 Å². The molecule has 0 fully saturated rings. The van der Waals surface area contributed by atoms with Gasteiger partial charge in [-0.05, 0) is 105 Å². The maximum atomic E-state index is 13.8. The zero-order valence-electron chi connectivity index (χ0n) is 17.4. The predicted molar refractivity (Wildman–Crippen MR) is 136 cm³/mol. The number of nitriles is 1. The minimum absolute atomic E-state index is 0.0223. The summed E-state index contributed by atoms with van der Waals surface area (Å²) in [6.45, 7) is 4.03. The van der Waals surface area contributed by atoms with Crippen molar-refractivity contribution >= 4 is 56.2 Å². The molecule has 162 valence electrons. The first-order valence-electron chi connectivity index (χ1n) is 9.64. The lowest BCUT2D eigenvalue weighted by atomic mass is 10.1. The fraction of sp³-hybridized carbons (Fsp3) is 0.120. The molecule has 1 N–H and O–H groups in total. The molecular formula is C25H19BrFIN2O2. The van der Waals surface area contributed by atoms with Gasteiger partial charge in [0.25, 0.3) is 5.91 Å². The second-order valence-corrected chi connectivity index (χ2v) is 9.13. The van der Waals surface area contributed by atoms with Crippen LogP contribution in [0, 0.1) is 34.6 Å². The van der Waals surface area contributed by atoms with Crippen molar-refractivity contribution in [2.45, 2.75) is 20.5 Å². The predicted octanol–water partition coefficient (Wildman–Crippen LogP) is 6.93. The Labute approximate surface area is 208 Å². The van der Waals surface area contributed by atoms with E-state index in [2.05, 4.69) is 43.8 Å². The second kappa shape index (κ2) is 10.7. The summed E-state index contributed by atoms with van der Waals surface area (Å²) in [6.07, 6.45) is 1.52. The molecule has 0 aliphatic carbocycles. The topological polar surface area (TPSA) is 62.1 Å². The van der Waals surface area contributed by atoms with Gasteiger partial charge in [0.2, 0.25) is 0 Å². The number of nitrogens with zero attached hydrogens (tertiary/aromatic N) is 1. The van der Waals surface area contributed by atoms with Crippen molar-refractivity contribution in [3.63, 3.8) is 0 Å². The van der Waals surface area contributed by atoms with Crippen LogP contribution in [0.1, 0.15) is 22.3 Å².